The molecule has 0 spiro atoms. The number of amides is 1. The van der Waals surface area contributed by atoms with Gasteiger partial charge in [-0.25, -0.2) is 9.59 Å². The number of nitrogens with zero attached hydrogens (tertiary/aromatic N) is 2. The lowest BCUT2D eigenvalue weighted by Gasteiger charge is -2.40. The van der Waals surface area contributed by atoms with Crippen LogP contribution in [-0.4, -0.2) is 66.8 Å². The number of hydrogen-bond donors (Lipinski definition) is 0. The number of hydrogen-bond acceptors (Lipinski definition) is 6. The largest absolute Gasteiger partial charge is 0.482 e. The maximum atomic E-state index is 13.4. The summed E-state index contributed by atoms with van der Waals surface area (Å²) in [6.45, 7) is 8.95. The Kier molecular flexibility index (Phi) is 12.9. The predicted molar refractivity (Wildman–Crippen MR) is 193 cm³/mol. The second kappa shape index (κ2) is 17.7. The van der Waals surface area contributed by atoms with Crippen molar-refractivity contribution in [3.8, 4) is 5.75 Å². The highest BCUT2D eigenvalue weighted by Crippen LogP contribution is 2.51. The number of benzene rings is 2. The van der Waals surface area contributed by atoms with E-state index in [4.69, 9.17) is 14.2 Å². The first-order valence-electron chi connectivity index (χ1n) is 19.6. The summed E-state index contributed by atoms with van der Waals surface area (Å²) < 4.78 is 17.9. The van der Waals surface area contributed by atoms with E-state index in [1.807, 2.05) is 41.3 Å². The minimum absolute atomic E-state index is 0.00245. The van der Waals surface area contributed by atoms with Crippen molar-refractivity contribution in [2.45, 2.75) is 122 Å². The lowest BCUT2D eigenvalue weighted by atomic mass is 9.73. The van der Waals surface area contributed by atoms with Crippen LogP contribution in [-0.2, 0) is 33.7 Å². The molecule has 3 fully saturated rings. The normalized spacial score (nSPS) is 24.9. The third-order valence-electron chi connectivity index (χ3n) is 12.1. The molecule has 0 radical (unpaired) electrons. The van der Waals surface area contributed by atoms with E-state index in [2.05, 4.69) is 30.9 Å². The molecule has 2 saturated heterocycles. The van der Waals surface area contributed by atoms with E-state index in [1.165, 1.54) is 62.7 Å². The Balaban J connectivity index is 1.01. The van der Waals surface area contributed by atoms with E-state index in [1.54, 1.807) is 0 Å². The minimum atomic E-state index is -0.346. The van der Waals surface area contributed by atoms with Gasteiger partial charge >= 0.3 is 12.1 Å². The van der Waals surface area contributed by atoms with Gasteiger partial charge in [-0.05, 0) is 130 Å². The Morgan fingerprint density at radius 3 is 2.47 bits per heavy atom. The van der Waals surface area contributed by atoms with Gasteiger partial charge in [-0.1, -0.05) is 75.6 Å². The average Bonchev–Trinajstić information content (AvgIpc) is 3.45. The molecule has 2 aromatic rings. The van der Waals surface area contributed by atoms with Crippen molar-refractivity contribution in [1.29, 1.82) is 0 Å². The van der Waals surface area contributed by atoms with Crippen LogP contribution in [0, 0.1) is 23.7 Å². The first-order valence-corrected chi connectivity index (χ1v) is 19.6. The molecule has 0 N–H and O–H groups in total. The second-order valence-corrected chi connectivity index (χ2v) is 15.4. The number of esters is 1. The van der Waals surface area contributed by atoms with E-state index < -0.39 is 0 Å². The van der Waals surface area contributed by atoms with Gasteiger partial charge in [0.1, 0.15) is 18.5 Å². The quantitative estimate of drug-likeness (QED) is 0.148. The molecule has 49 heavy (non-hydrogen) atoms. The van der Waals surface area contributed by atoms with Gasteiger partial charge in [0.2, 0.25) is 0 Å². The highest BCUT2D eigenvalue weighted by atomic mass is 16.6. The summed E-state index contributed by atoms with van der Waals surface area (Å²) in [5, 5.41) is 0. The standard InChI is InChI=1S/C42H60N2O5/c1-3-4-7-16-36(49-42(46)44-24-20-35(21-25-44)43-22-10-6-11-23-43)18-19-37-31(2)26-34-28-39-33(27-38(34)37)15-12-17-40(39)47-30-41(45)48-29-32-13-8-5-9-14-32/h5,8-9,12-15,17,31,34-38H,3-4,6-7,10-11,16,18-30H2,1-2H3/t31-,34-,36+,37+,38+/m1/s1. The predicted octanol–water partition coefficient (Wildman–Crippen LogP) is 8.61. The van der Waals surface area contributed by atoms with Crippen LogP contribution >= 0.6 is 0 Å². The van der Waals surface area contributed by atoms with Gasteiger partial charge in [-0.2, -0.15) is 0 Å². The number of fused-ring (bicyclic) bond motifs is 2. The number of carbonyl (C=O) groups is 2. The molecule has 1 amide bonds. The molecule has 4 aliphatic rings. The van der Waals surface area contributed by atoms with Crippen molar-refractivity contribution in [1.82, 2.24) is 9.80 Å². The van der Waals surface area contributed by atoms with Gasteiger partial charge in [-0.3, -0.25) is 0 Å². The average molecular weight is 673 g/mol. The van der Waals surface area contributed by atoms with Gasteiger partial charge in [0.15, 0.2) is 6.61 Å². The fourth-order valence-corrected chi connectivity index (χ4v) is 9.43. The molecule has 7 nitrogen and oxygen atoms in total. The van der Waals surface area contributed by atoms with Gasteiger partial charge in [0.05, 0.1) is 0 Å². The number of ether oxygens (including phenoxy) is 3. The van der Waals surface area contributed by atoms with Crippen molar-refractivity contribution in [3.63, 3.8) is 0 Å². The van der Waals surface area contributed by atoms with Crippen LogP contribution in [0.5, 0.6) is 5.75 Å². The zero-order valence-corrected chi connectivity index (χ0v) is 30.2. The molecule has 0 bridgehead atoms. The molecule has 6 rings (SSSR count). The molecular weight excluding hydrogens is 612 g/mol. The van der Waals surface area contributed by atoms with Gasteiger partial charge in [0.25, 0.3) is 0 Å². The minimum Gasteiger partial charge on any atom is -0.482 e. The Hall–Kier alpha value is -3.06. The molecule has 1 saturated carbocycles. The van der Waals surface area contributed by atoms with E-state index in [9.17, 15) is 9.59 Å². The Morgan fingerprint density at radius 2 is 1.69 bits per heavy atom. The summed E-state index contributed by atoms with van der Waals surface area (Å²) in [6.07, 6.45) is 15.9. The summed E-state index contributed by atoms with van der Waals surface area (Å²) in [5.74, 6) is 3.00. The van der Waals surface area contributed by atoms with Crippen LogP contribution < -0.4 is 4.74 Å². The summed E-state index contributed by atoms with van der Waals surface area (Å²) in [6, 6.07) is 16.7. The van der Waals surface area contributed by atoms with Gasteiger partial charge < -0.3 is 24.0 Å². The molecule has 5 atom stereocenters. The van der Waals surface area contributed by atoms with E-state index >= 15 is 0 Å². The molecule has 2 aromatic carbocycles. The first-order chi connectivity index (χ1) is 24.0. The van der Waals surface area contributed by atoms with Crippen LogP contribution in [0.3, 0.4) is 0 Å². The first kappa shape index (κ1) is 35.8. The summed E-state index contributed by atoms with van der Waals surface area (Å²) in [4.78, 5) is 30.6. The lowest BCUT2D eigenvalue weighted by Crippen LogP contribution is -2.48. The number of carbonyl (C=O) groups excluding carboxylic acids is 2. The van der Waals surface area contributed by atoms with Crippen LogP contribution in [0.25, 0.3) is 0 Å². The lowest BCUT2D eigenvalue weighted by molar-refractivity contribution is -0.147. The Morgan fingerprint density at radius 1 is 0.898 bits per heavy atom. The van der Waals surface area contributed by atoms with Crippen molar-refractivity contribution in [2.75, 3.05) is 32.8 Å². The zero-order chi connectivity index (χ0) is 34.0. The summed E-state index contributed by atoms with van der Waals surface area (Å²) in [7, 11) is 0. The van der Waals surface area contributed by atoms with Crippen molar-refractivity contribution < 1.29 is 23.8 Å². The third kappa shape index (κ3) is 9.59. The molecule has 2 aliphatic carbocycles. The highest BCUT2D eigenvalue weighted by Gasteiger charge is 2.44. The number of piperidine rings is 2. The molecule has 2 heterocycles. The van der Waals surface area contributed by atoms with Crippen LogP contribution in [0.15, 0.2) is 48.5 Å². The molecule has 268 valence electrons. The van der Waals surface area contributed by atoms with Crippen LogP contribution in [0.1, 0.15) is 108 Å². The smallest absolute Gasteiger partial charge is 0.410 e. The number of likely N-dealkylation sites (tertiary alicyclic amines) is 2. The van der Waals surface area contributed by atoms with Crippen molar-refractivity contribution >= 4 is 12.1 Å². The number of unbranched alkanes of at least 4 members (excludes halogenated alkanes) is 2. The Labute approximate surface area is 295 Å². The topological polar surface area (TPSA) is 68.3 Å². The molecule has 0 unspecified atom stereocenters. The zero-order valence-electron chi connectivity index (χ0n) is 30.2. The van der Waals surface area contributed by atoms with Crippen molar-refractivity contribution in [2.24, 2.45) is 23.7 Å². The van der Waals surface area contributed by atoms with Gasteiger partial charge in [0, 0.05) is 19.1 Å². The monoisotopic (exact) mass is 672 g/mol. The van der Waals surface area contributed by atoms with Crippen LogP contribution in [0.2, 0.25) is 0 Å². The maximum absolute atomic E-state index is 13.4. The fourth-order valence-electron chi connectivity index (χ4n) is 9.43. The summed E-state index contributed by atoms with van der Waals surface area (Å²) in [5.41, 5.74) is 3.59. The SMILES string of the molecule is CCCCC[C@@H](CC[C@@H]1[C@H]2Cc3cccc(OCC(=O)OCc4ccccc4)c3C[C@H]2C[C@H]1C)OC(=O)N1CCC(N2CCCCC2)CC1. The number of rotatable bonds is 14. The molecule has 2 aliphatic heterocycles. The van der Waals surface area contributed by atoms with Crippen molar-refractivity contribution in [3.05, 3.63) is 65.2 Å². The molecule has 0 aromatic heterocycles. The molecular formula is C42H60N2O5. The Bertz CT molecular complexity index is 1340. The molecule has 7 heteroatoms. The fraction of sp³-hybridized carbons (Fsp3) is 0.667. The third-order valence-corrected chi connectivity index (χ3v) is 12.1. The highest BCUT2D eigenvalue weighted by molar-refractivity contribution is 5.71. The summed E-state index contributed by atoms with van der Waals surface area (Å²) >= 11 is 0. The van der Waals surface area contributed by atoms with E-state index in [-0.39, 0.29) is 31.4 Å². The maximum Gasteiger partial charge on any atom is 0.410 e. The van der Waals surface area contributed by atoms with Gasteiger partial charge in [-0.15, -0.1) is 0 Å². The second-order valence-electron chi connectivity index (χ2n) is 15.4. The van der Waals surface area contributed by atoms with Crippen LogP contribution in [0.4, 0.5) is 4.79 Å². The van der Waals surface area contributed by atoms with E-state index in [0.717, 1.165) is 75.8 Å². The van der Waals surface area contributed by atoms with E-state index in [0.29, 0.717) is 29.7 Å².